The van der Waals surface area contributed by atoms with Crippen molar-refractivity contribution in [2.45, 2.75) is 16.2 Å². The number of aromatic nitrogens is 1. The molecule has 1 aromatic heterocycles. The third kappa shape index (κ3) is 3.36. The van der Waals surface area contributed by atoms with Crippen molar-refractivity contribution < 1.29 is 29.1 Å². The second-order valence-corrected chi connectivity index (χ2v) is 7.96. The van der Waals surface area contributed by atoms with E-state index in [2.05, 4.69) is 4.98 Å². The molecule has 0 saturated carbocycles. The number of nitro groups is 1. The fraction of sp³-hybridized carbons (Fsp3) is 0.312. The van der Waals surface area contributed by atoms with Crippen molar-refractivity contribution in [1.29, 1.82) is 0 Å². The second-order valence-electron chi connectivity index (χ2n) is 5.80. The summed E-state index contributed by atoms with van der Waals surface area (Å²) in [6, 6.07) is 3.36. The molecule has 0 spiro atoms. The van der Waals surface area contributed by atoms with Gasteiger partial charge in [0.25, 0.3) is 5.69 Å². The lowest BCUT2D eigenvalue weighted by Crippen LogP contribution is -2.41. The van der Waals surface area contributed by atoms with Gasteiger partial charge in [-0.15, -0.1) is 0 Å². The number of carbonyl (C=O) groups excluding carboxylic acids is 2. The first-order valence-electron chi connectivity index (χ1n) is 7.81. The van der Waals surface area contributed by atoms with E-state index >= 15 is 0 Å². The van der Waals surface area contributed by atoms with Gasteiger partial charge in [0.1, 0.15) is 11.0 Å². The first kappa shape index (κ1) is 19.9. The maximum Gasteiger partial charge on any atom is 0.320 e. The van der Waals surface area contributed by atoms with Gasteiger partial charge < -0.3 is 19.6 Å². The smallest absolute Gasteiger partial charge is 0.320 e. The molecular weight excluding hydrogens is 412 g/mol. The number of thioether (sulfide) groups is 1. The highest BCUT2D eigenvalue weighted by molar-refractivity contribution is 8.00. The molecule has 12 heteroatoms. The summed E-state index contributed by atoms with van der Waals surface area (Å²) in [4.78, 5) is 49.9. The topological polar surface area (TPSA) is 149 Å². The zero-order valence-electron chi connectivity index (χ0n) is 14.5. The van der Waals surface area contributed by atoms with Gasteiger partial charge in [-0.05, 0) is 6.07 Å². The summed E-state index contributed by atoms with van der Waals surface area (Å²) in [6.07, 6.45) is 0. The SMILES string of the molecule is COC(=O)[C@@H]1[C@@H](c2cc([N+](=O)[O-])ccc2O)c2sc(=O)[nH]c2S[C@@H]1C(=O)OC. The van der Waals surface area contributed by atoms with Gasteiger partial charge in [0.15, 0.2) is 0 Å². The number of hydrogen-bond donors (Lipinski definition) is 2. The highest BCUT2D eigenvalue weighted by atomic mass is 32.2. The van der Waals surface area contributed by atoms with Gasteiger partial charge in [0.05, 0.1) is 30.1 Å². The van der Waals surface area contributed by atoms with Crippen molar-refractivity contribution >= 4 is 40.7 Å². The summed E-state index contributed by atoms with van der Waals surface area (Å²) in [6.45, 7) is 0. The van der Waals surface area contributed by atoms with Crippen molar-refractivity contribution in [3.8, 4) is 5.75 Å². The van der Waals surface area contributed by atoms with Crippen LogP contribution in [0.1, 0.15) is 16.4 Å². The molecule has 2 heterocycles. The van der Waals surface area contributed by atoms with Crippen LogP contribution in [-0.2, 0) is 19.1 Å². The Hall–Kier alpha value is -2.86. The lowest BCUT2D eigenvalue weighted by molar-refractivity contribution is -0.385. The Morgan fingerprint density at radius 1 is 1.25 bits per heavy atom. The highest BCUT2D eigenvalue weighted by Gasteiger charge is 2.49. The molecule has 0 bridgehead atoms. The Bertz CT molecular complexity index is 1010. The normalized spacial score (nSPS) is 20.9. The van der Waals surface area contributed by atoms with Crippen LogP contribution in [-0.4, -0.2) is 46.4 Å². The lowest BCUT2D eigenvalue weighted by Gasteiger charge is -2.34. The molecule has 10 nitrogen and oxygen atoms in total. The molecule has 1 aromatic carbocycles. The molecule has 2 N–H and O–H groups in total. The predicted octanol–water partition coefficient (Wildman–Crippen LogP) is 1.62. The number of aromatic amines is 1. The van der Waals surface area contributed by atoms with Crippen LogP contribution >= 0.6 is 23.1 Å². The molecule has 0 amide bonds. The van der Waals surface area contributed by atoms with Gasteiger partial charge in [-0.1, -0.05) is 23.1 Å². The van der Waals surface area contributed by atoms with Crippen molar-refractivity contribution in [1.82, 2.24) is 4.98 Å². The number of rotatable bonds is 4. The van der Waals surface area contributed by atoms with E-state index in [1.807, 2.05) is 0 Å². The quantitative estimate of drug-likeness (QED) is 0.422. The predicted molar refractivity (Wildman–Crippen MR) is 98.7 cm³/mol. The number of aromatic hydroxyl groups is 1. The fourth-order valence-electron chi connectivity index (χ4n) is 3.10. The fourth-order valence-corrected chi connectivity index (χ4v) is 5.59. The minimum absolute atomic E-state index is 0.0373. The maximum atomic E-state index is 12.6. The number of nitro benzene ring substituents is 1. The van der Waals surface area contributed by atoms with Gasteiger partial charge in [0, 0.05) is 28.5 Å². The van der Waals surface area contributed by atoms with E-state index in [-0.39, 0.29) is 17.0 Å². The molecule has 3 atom stereocenters. The van der Waals surface area contributed by atoms with Crippen LogP contribution < -0.4 is 4.87 Å². The third-order valence-electron chi connectivity index (χ3n) is 4.32. The molecule has 0 fully saturated rings. The van der Waals surface area contributed by atoms with Gasteiger partial charge >= 0.3 is 16.8 Å². The molecule has 0 unspecified atom stereocenters. The molecule has 0 aliphatic carbocycles. The Kier molecular flexibility index (Phi) is 5.42. The average Bonchev–Trinajstić information content (AvgIpc) is 3.05. The van der Waals surface area contributed by atoms with Crippen LogP contribution in [0.3, 0.4) is 0 Å². The van der Waals surface area contributed by atoms with E-state index in [9.17, 15) is 29.6 Å². The molecule has 0 radical (unpaired) electrons. The molecule has 3 rings (SSSR count). The van der Waals surface area contributed by atoms with Gasteiger partial charge in [-0.2, -0.15) is 0 Å². The maximum absolute atomic E-state index is 12.6. The number of fused-ring (bicyclic) bond motifs is 1. The third-order valence-corrected chi connectivity index (χ3v) is 6.71. The number of hydrogen-bond acceptors (Lipinski definition) is 10. The van der Waals surface area contributed by atoms with Crippen LogP contribution in [0.4, 0.5) is 5.69 Å². The average molecular weight is 426 g/mol. The number of nitrogens with one attached hydrogen (secondary N) is 1. The number of phenols is 1. The summed E-state index contributed by atoms with van der Waals surface area (Å²) in [5, 5.41) is 20.8. The lowest BCUT2D eigenvalue weighted by atomic mass is 9.81. The van der Waals surface area contributed by atoms with E-state index in [4.69, 9.17) is 9.47 Å². The van der Waals surface area contributed by atoms with Crippen LogP contribution in [0.2, 0.25) is 0 Å². The first-order valence-corrected chi connectivity index (χ1v) is 9.50. The molecule has 2 aromatic rings. The van der Waals surface area contributed by atoms with Crippen molar-refractivity contribution in [3.63, 3.8) is 0 Å². The first-order chi connectivity index (χ1) is 13.3. The summed E-state index contributed by atoms with van der Waals surface area (Å²) in [7, 11) is 2.30. The number of ether oxygens (including phenoxy) is 2. The molecule has 1 aliphatic heterocycles. The number of carbonyl (C=O) groups is 2. The standard InChI is InChI=1S/C16H14N2O8S2/c1-25-14(20)10-9(7-5-6(18(23)24)3-4-8(7)19)11-13(17-16(22)28-11)27-12(10)15(21)26-2/h3-5,9-10,12,19H,1-2H3,(H,17,22)/t9-,10-,12+/m1/s1. The molecule has 28 heavy (non-hydrogen) atoms. The summed E-state index contributed by atoms with van der Waals surface area (Å²) >= 11 is 1.74. The molecular formula is C16H14N2O8S2. The van der Waals surface area contributed by atoms with Crippen molar-refractivity contribution in [2.75, 3.05) is 14.2 Å². The molecule has 148 valence electrons. The summed E-state index contributed by atoms with van der Waals surface area (Å²) in [5.41, 5.74) is -0.274. The van der Waals surface area contributed by atoms with E-state index in [1.54, 1.807) is 0 Å². The Morgan fingerprint density at radius 3 is 2.54 bits per heavy atom. The highest BCUT2D eigenvalue weighted by Crippen LogP contribution is 2.51. The summed E-state index contributed by atoms with van der Waals surface area (Å²) < 4.78 is 9.63. The van der Waals surface area contributed by atoms with Crippen LogP contribution in [0.25, 0.3) is 0 Å². The van der Waals surface area contributed by atoms with Gasteiger partial charge in [-0.25, -0.2) is 0 Å². The monoisotopic (exact) mass is 426 g/mol. The Balaban J connectivity index is 2.29. The minimum atomic E-state index is -1.17. The van der Waals surface area contributed by atoms with Crippen molar-refractivity contribution in [2.24, 2.45) is 5.92 Å². The number of thiazole rings is 1. The number of methoxy groups -OCH3 is 2. The Labute approximate surface area is 165 Å². The largest absolute Gasteiger partial charge is 0.508 e. The number of benzene rings is 1. The molecule has 0 saturated heterocycles. The zero-order valence-corrected chi connectivity index (χ0v) is 16.2. The van der Waals surface area contributed by atoms with E-state index < -0.39 is 38.8 Å². The number of nitrogens with zero attached hydrogens (tertiary/aromatic N) is 1. The molecule has 1 aliphatic rings. The van der Waals surface area contributed by atoms with Crippen LogP contribution in [0.15, 0.2) is 28.0 Å². The number of H-pyrrole nitrogens is 1. The summed E-state index contributed by atoms with van der Waals surface area (Å²) in [5.74, 6) is -4.00. The van der Waals surface area contributed by atoms with Crippen LogP contribution in [0, 0.1) is 16.0 Å². The van der Waals surface area contributed by atoms with Crippen molar-refractivity contribution in [3.05, 3.63) is 48.4 Å². The Morgan fingerprint density at radius 2 is 1.93 bits per heavy atom. The number of phenolic OH excluding ortho intramolecular Hbond substituents is 1. The number of esters is 2. The van der Waals surface area contributed by atoms with Gasteiger partial charge in [0.2, 0.25) is 0 Å². The number of non-ortho nitro benzene ring substituents is 1. The zero-order chi connectivity index (χ0) is 20.6. The minimum Gasteiger partial charge on any atom is -0.508 e. The van der Waals surface area contributed by atoms with E-state index in [1.165, 1.54) is 0 Å². The van der Waals surface area contributed by atoms with E-state index in [0.29, 0.717) is 9.90 Å². The second kappa shape index (κ2) is 7.64. The van der Waals surface area contributed by atoms with Crippen LogP contribution in [0.5, 0.6) is 5.75 Å². The van der Waals surface area contributed by atoms with Gasteiger partial charge in [-0.3, -0.25) is 24.5 Å². The van der Waals surface area contributed by atoms with E-state index in [0.717, 1.165) is 55.5 Å².